The molecule has 0 nitrogen and oxygen atoms in total. The van der Waals surface area contributed by atoms with Crippen molar-refractivity contribution in [3.63, 3.8) is 0 Å². The van der Waals surface area contributed by atoms with Crippen LogP contribution in [0.5, 0.6) is 0 Å². The molecule has 0 saturated heterocycles. The Balaban J connectivity index is 3.23. The molecule has 0 spiro atoms. The van der Waals surface area contributed by atoms with Crippen LogP contribution in [0.3, 0.4) is 0 Å². The van der Waals surface area contributed by atoms with E-state index in [1.807, 2.05) is 0 Å². The van der Waals surface area contributed by atoms with Gasteiger partial charge in [-0.05, 0) is 18.5 Å². The molecular weight excluding hydrogens is 254 g/mol. The van der Waals surface area contributed by atoms with Crippen molar-refractivity contribution in [2.24, 2.45) is 0 Å². The molecule has 0 fully saturated rings. The number of hydrogen-bond acceptors (Lipinski definition) is 0. The van der Waals surface area contributed by atoms with Crippen LogP contribution in [0.15, 0.2) is 0 Å². The molecule has 0 radical (unpaired) electrons. The standard InChI is InChI=1S/C16H28P2/c1-3-5-7-9-11-13-15-17-18-16-14-12-10-8-6-4-2/h17-18H,3-12H2,1-2H3/p+1. The molecule has 0 rings (SSSR count). The van der Waals surface area contributed by atoms with Gasteiger partial charge in [0.05, 0.1) is 13.9 Å². The molecule has 0 aromatic rings. The van der Waals surface area contributed by atoms with Crippen LogP contribution < -0.4 is 0 Å². The Labute approximate surface area is 118 Å². The lowest BCUT2D eigenvalue weighted by molar-refractivity contribution is 0.680. The fraction of sp³-hybridized carbons (Fsp3) is 0.750. The molecule has 0 N–H and O–H groups in total. The van der Waals surface area contributed by atoms with Crippen molar-refractivity contribution in [2.45, 2.75) is 78.1 Å². The number of hydrogen-bond donors (Lipinski definition) is 0. The van der Waals surface area contributed by atoms with Gasteiger partial charge in [0.25, 0.3) is 0 Å². The molecule has 0 aliphatic heterocycles. The molecule has 0 aliphatic rings. The summed E-state index contributed by atoms with van der Waals surface area (Å²) in [5, 5.41) is 0. The van der Waals surface area contributed by atoms with Gasteiger partial charge in [-0.3, -0.25) is 0 Å². The zero-order chi connectivity index (χ0) is 13.3. The zero-order valence-corrected chi connectivity index (χ0v) is 14.3. The van der Waals surface area contributed by atoms with Gasteiger partial charge in [-0.1, -0.05) is 64.2 Å². The van der Waals surface area contributed by atoms with E-state index in [-0.39, 0.29) is 8.27 Å². The van der Waals surface area contributed by atoms with Gasteiger partial charge in [0.15, 0.2) is 0 Å². The molecule has 18 heavy (non-hydrogen) atoms. The quantitative estimate of drug-likeness (QED) is 0.283. The molecule has 0 aromatic heterocycles. The molecule has 0 saturated carbocycles. The second-order valence-electron chi connectivity index (χ2n) is 4.53. The lowest BCUT2D eigenvalue weighted by Gasteiger charge is -1.91. The minimum absolute atomic E-state index is 0.285. The fourth-order valence-corrected chi connectivity index (χ4v) is 3.25. The minimum atomic E-state index is 0.285. The summed E-state index contributed by atoms with van der Waals surface area (Å²) in [5.74, 6) is 6.57. The van der Waals surface area contributed by atoms with Gasteiger partial charge in [-0.25, -0.2) is 0 Å². The van der Waals surface area contributed by atoms with Crippen LogP contribution >= 0.6 is 16.5 Å². The van der Waals surface area contributed by atoms with Crippen LogP contribution in [0.2, 0.25) is 0 Å². The normalized spacial score (nSPS) is 10.6. The zero-order valence-electron chi connectivity index (χ0n) is 12.1. The first-order valence-electron chi connectivity index (χ1n) is 7.45. The highest BCUT2D eigenvalue weighted by Crippen LogP contribution is 2.33. The van der Waals surface area contributed by atoms with Crippen molar-refractivity contribution in [3.8, 4) is 23.2 Å². The Bertz CT molecular complexity index is 245. The molecule has 102 valence electrons. The first-order valence-corrected chi connectivity index (χ1v) is 10.8. The van der Waals surface area contributed by atoms with Gasteiger partial charge < -0.3 is 0 Å². The lowest BCUT2D eigenvalue weighted by Crippen LogP contribution is -1.73. The van der Waals surface area contributed by atoms with E-state index in [4.69, 9.17) is 0 Å². The van der Waals surface area contributed by atoms with E-state index in [1.165, 1.54) is 51.4 Å². The second-order valence-corrected chi connectivity index (χ2v) is 7.38. The summed E-state index contributed by atoms with van der Waals surface area (Å²) in [6, 6.07) is 0. The van der Waals surface area contributed by atoms with Crippen LogP contribution in [-0.4, -0.2) is 0 Å². The van der Waals surface area contributed by atoms with Crippen LogP contribution in [0.1, 0.15) is 78.1 Å². The van der Waals surface area contributed by atoms with Crippen LogP contribution in [-0.2, 0) is 0 Å². The minimum Gasteiger partial charge on any atom is -0.0952 e. The summed E-state index contributed by atoms with van der Waals surface area (Å²) < 4.78 is 0. The highest BCUT2D eigenvalue weighted by atomic mass is 32.0. The summed E-state index contributed by atoms with van der Waals surface area (Å²) in [4.78, 5) is 0. The monoisotopic (exact) mass is 283 g/mol. The van der Waals surface area contributed by atoms with Crippen molar-refractivity contribution >= 4 is 16.5 Å². The molecule has 0 aliphatic carbocycles. The molecule has 2 heteroatoms. The summed E-state index contributed by atoms with van der Waals surface area (Å²) in [5.41, 5.74) is 6.60. The van der Waals surface area contributed by atoms with E-state index < -0.39 is 0 Å². The third kappa shape index (κ3) is 16.0. The van der Waals surface area contributed by atoms with Gasteiger partial charge in [-0.2, -0.15) is 0 Å². The average Bonchev–Trinajstić information content (AvgIpc) is 2.39. The third-order valence-corrected chi connectivity index (χ3v) is 4.83. The van der Waals surface area contributed by atoms with Crippen molar-refractivity contribution in [1.29, 1.82) is 0 Å². The predicted molar refractivity (Wildman–Crippen MR) is 91.1 cm³/mol. The molecular formula is C16H29P2+. The van der Waals surface area contributed by atoms with Gasteiger partial charge in [0.2, 0.25) is 0 Å². The van der Waals surface area contributed by atoms with Crippen molar-refractivity contribution in [2.75, 3.05) is 0 Å². The van der Waals surface area contributed by atoms with Crippen molar-refractivity contribution < 1.29 is 0 Å². The highest BCUT2D eigenvalue weighted by molar-refractivity contribution is 8.16. The summed E-state index contributed by atoms with van der Waals surface area (Å²) in [6.45, 7) is 4.50. The predicted octanol–water partition coefficient (Wildman–Crippen LogP) is 5.85. The highest BCUT2D eigenvalue weighted by Gasteiger charge is 1.87. The van der Waals surface area contributed by atoms with E-state index >= 15 is 0 Å². The maximum atomic E-state index is 3.32. The Morgan fingerprint density at radius 3 is 2.00 bits per heavy atom. The smallest absolute Gasteiger partial charge is 0.0952 e. The summed E-state index contributed by atoms with van der Waals surface area (Å²) in [6.07, 6.45) is 12.8. The molecule has 0 aromatic carbocycles. The SMILES string of the molecule is CCCCCCC#CP[PH2+]C#CCCCCCC. The fourth-order valence-electron chi connectivity index (χ4n) is 1.59. The molecule has 2 unspecified atom stereocenters. The van der Waals surface area contributed by atoms with Gasteiger partial charge in [-0.15, -0.1) is 0 Å². The summed E-state index contributed by atoms with van der Waals surface area (Å²) in [7, 11) is 1.09. The Morgan fingerprint density at radius 2 is 1.39 bits per heavy atom. The van der Waals surface area contributed by atoms with Crippen LogP contribution in [0.25, 0.3) is 0 Å². The van der Waals surface area contributed by atoms with E-state index in [9.17, 15) is 0 Å². The van der Waals surface area contributed by atoms with Crippen LogP contribution in [0.4, 0.5) is 0 Å². The van der Waals surface area contributed by atoms with Gasteiger partial charge in [0, 0.05) is 12.8 Å². The third-order valence-electron chi connectivity index (χ3n) is 2.72. The van der Waals surface area contributed by atoms with E-state index in [0.29, 0.717) is 0 Å². The number of rotatable bonds is 9. The Morgan fingerprint density at radius 1 is 0.778 bits per heavy atom. The molecule has 0 bridgehead atoms. The van der Waals surface area contributed by atoms with E-state index in [2.05, 4.69) is 37.0 Å². The average molecular weight is 283 g/mol. The maximum absolute atomic E-state index is 3.32. The largest absolute Gasteiger partial charge is 0.128 e. The van der Waals surface area contributed by atoms with E-state index in [0.717, 1.165) is 21.1 Å². The molecule has 0 amide bonds. The first kappa shape index (κ1) is 18.0. The lowest BCUT2D eigenvalue weighted by atomic mass is 10.2. The van der Waals surface area contributed by atoms with Crippen LogP contribution in [0, 0.1) is 23.2 Å². The first-order chi connectivity index (χ1) is 8.91. The van der Waals surface area contributed by atoms with Gasteiger partial charge in [0.1, 0.15) is 8.27 Å². The Hall–Kier alpha value is -0.0200. The Kier molecular flexibility index (Phi) is 17.0. The van der Waals surface area contributed by atoms with E-state index in [1.54, 1.807) is 0 Å². The number of unbranched alkanes of at least 4 members (excludes halogenated alkanes) is 8. The molecule has 0 heterocycles. The topological polar surface area (TPSA) is 0 Å². The second kappa shape index (κ2) is 17.0. The van der Waals surface area contributed by atoms with Crippen molar-refractivity contribution in [3.05, 3.63) is 0 Å². The van der Waals surface area contributed by atoms with Crippen molar-refractivity contribution in [1.82, 2.24) is 0 Å². The van der Waals surface area contributed by atoms with Gasteiger partial charge >= 0.3 is 0 Å². The summed E-state index contributed by atoms with van der Waals surface area (Å²) >= 11 is 0. The maximum Gasteiger partial charge on any atom is 0.128 e. The molecule has 2 atom stereocenters.